The van der Waals surface area contributed by atoms with Gasteiger partial charge in [0.05, 0.1) is 12.8 Å². The Labute approximate surface area is 94.4 Å². The van der Waals surface area contributed by atoms with Crippen LogP contribution >= 0.6 is 0 Å². The molecule has 16 heavy (non-hydrogen) atoms. The Morgan fingerprint density at radius 3 is 2.94 bits per heavy atom. The molecule has 1 aromatic rings. The molecule has 1 heterocycles. The number of H-pyrrole nitrogens is 1. The Morgan fingerprint density at radius 1 is 1.69 bits per heavy atom. The van der Waals surface area contributed by atoms with Crippen molar-refractivity contribution in [1.29, 1.82) is 0 Å². The molecule has 4 N–H and O–H groups in total. The molecule has 1 unspecified atom stereocenters. The third kappa shape index (κ3) is 3.56. The van der Waals surface area contributed by atoms with Gasteiger partial charge >= 0.3 is 0 Å². The highest BCUT2D eigenvalue weighted by Gasteiger charge is 2.20. The van der Waals surface area contributed by atoms with E-state index in [-0.39, 0.29) is 17.5 Å². The standard InChI is InChI=1S/C8H16N4O3S/c1-15-6-7(2-3-9)12-16(13,14)8-4-10-11-5-8/h4-5,7,12H,2-3,6,9H2,1H3,(H,10,11). The van der Waals surface area contributed by atoms with Crippen molar-refractivity contribution in [3.05, 3.63) is 12.4 Å². The van der Waals surface area contributed by atoms with Gasteiger partial charge in [0.1, 0.15) is 4.90 Å². The van der Waals surface area contributed by atoms with Crippen molar-refractivity contribution in [1.82, 2.24) is 14.9 Å². The van der Waals surface area contributed by atoms with Crippen molar-refractivity contribution in [3.63, 3.8) is 0 Å². The number of hydrogen-bond acceptors (Lipinski definition) is 5. The monoisotopic (exact) mass is 248 g/mol. The van der Waals surface area contributed by atoms with E-state index in [1.807, 2.05) is 0 Å². The fourth-order valence-corrected chi connectivity index (χ4v) is 2.41. The van der Waals surface area contributed by atoms with Crippen LogP contribution < -0.4 is 10.5 Å². The Hall–Kier alpha value is -0.960. The molecule has 8 heteroatoms. The van der Waals surface area contributed by atoms with Gasteiger partial charge in [0.25, 0.3) is 0 Å². The van der Waals surface area contributed by atoms with Crippen LogP contribution in [0.3, 0.4) is 0 Å². The molecule has 0 aliphatic carbocycles. The van der Waals surface area contributed by atoms with Crippen LogP contribution in [0.4, 0.5) is 0 Å². The Kier molecular flexibility index (Phi) is 4.87. The van der Waals surface area contributed by atoms with Crippen LogP contribution in [0.1, 0.15) is 6.42 Å². The SMILES string of the molecule is COCC(CCN)NS(=O)(=O)c1cn[nH]c1. The second kappa shape index (κ2) is 5.94. The number of methoxy groups -OCH3 is 1. The normalized spacial score (nSPS) is 13.9. The zero-order valence-corrected chi connectivity index (χ0v) is 9.83. The van der Waals surface area contributed by atoms with Gasteiger partial charge in [-0.2, -0.15) is 5.10 Å². The summed E-state index contributed by atoms with van der Waals surface area (Å²) in [5.74, 6) is 0. The van der Waals surface area contributed by atoms with Crippen molar-refractivity contribution >= 4 is 10.0 Å². The van der Waals surface area contributed by atoms with Crippen LogP contribution in [-0.4, -0.2) is 44.9 Å². The first kappa shape index (κ1) is 13.1. The van der Waals surface area contributed by atoms with Crippen molar-refractivity contribution in [2.45, 2.75) is 17.4 Å². The second-order valence-corrected chi connectivity index (χ2v) is 5.00. The van der Waals surface area contributed by atoms with E-state index in [1.165, 1.54) is 19.5 Å². The summed E-state index contributed by atoms with van der Waals surface area (Å²) in [6.07, 6.45) is 3.08. The van der Waals surface area contributed by atoms with E-state index < -0.39 is 10.0 Å². The number of nitrogens with two attached hydrogens (primary N) is 1. The topological polar surface area (TPSA) is 110 Å². The maximum Gasteiger partial charge on any atom is 0.244 e. The summed E-state index contributed by atoms with van der Waals surface area (Å²) >= 11 is 0. The molecule has 0 aromatic carbocycles. The lowest BCUT2D eigenvalue weighted by Gasteiger charge is -2.16. The predicted molar refractivity (Wildman–Crippen MR) is 58.2 cm³/mol. The number of sulfonamides is 1. The summed E-state index contributed by atoms with van der Waals surface area (Å²) in [6.45, 7) is 0.677. The molecule has 0 bridgehead atoms. The largest absolute Gasteiger partial charge is 0.383 e. The zero-order valence-electron chi connectivity index (χ0n) is 9.01. The maximum absolute atomic E-state index is 11.8. The molecule has 7 nitrogen and oxygen atoms in total. The number of ether oxygens (including phenoxy) is 1. The van der Waals surface area contributed by atoms with E-state index in [2.05, 4.69) is 14.9 Å². The van der Waals surface area contributed by atoms with Gasteiger partial charge in [0.2, 0.25) is 10.0 Å². The fourth-order valence-electron chi connectivity index (χ4n) is 1.25. The van der Waals surface area contributed by atoms with Crippen LogP contribution in [0.15, 0.2) is 17.3 Å². The van der Waals surface area contributed by atoms with Gasteiger partial charge in [0, 0.05) is 19.3 Å². The third-order valence-corrected chi connectivity index (χ3v) is 3.48. The van der Waals surface area contributed by atoms with Crippen molar-refractivity contribution in [2.75, 3.05) is 20.3 Å². The highest BCUT2D eigenvalue weighted by molar-refractivity contribution is 7.89. The van der Waals surface area contributed by atoms with Gasteiger partial charge in [-0.25, -0.2) is 13.1 Å². The molecular weight excluding hydrogens is 232 g/mol. The average molecular weight is 248 g/mol. The first-order valence-corrected chi connectivity index (χ1v) is 6.28. The molecule has 0 radical (unpaired) electrons. The minimum Gasteiger partial charge on any atom is -0.383 e. The molecule has 1 rings (SSSR count). The Morgan fingerprint density at radius 2 is 2.44 bits per heavy atom. The molecule has 0 aliphatic rings. The molecule has 0 fully saturated rings. The van der Waals surface area contributed by atoms with Crippen LogP contribution in [0.5, 0.6) is 0 Å². The van der Waals surface area contributed by atoms with Gasteiger partial charge in [-0.3, -0.25) is 5.10 Å². The van der Waals surface area contributed by atoms with Crippen molar-refractivity contribution < 1.29 is 13.2 Å². The third-order valence-electron chi connectivity index (χ3n) is 1.99. The molecule has 1 atom stereocenters. The average Bonchev–Trinajstić information content (AvgIpc) is 2.71. The number of nitrogens with zero attached hydrogens (tertiary/aromatic N) is 1. The Bertz CT molecular complexity index is 383. The molecule has 0 saturated carbocycles. The van der Waals surface area contributed by atoms with E-state index in [0.29, 0.717) is 13.0 Å². The van der Waals surface area contributed by atoms with E-state index in [0.717, 1.165) is 0 Å². The number of nitrogens with one attached hydrogen (secondary N) is 2. The van der Waals surface area contributed by atoms with Gasteiger partial charge < -0.3 is 10.5 Å². The molecular formula is C8H16N4O3S. The van der Waals surface area contributed by atoms with Crippen LogP contribution in [-0.2, 0) is 14.8 Å². The first-order valence-electron chi connectivity index (χ1n) is 4.80. The lowest BCUT2D eigenvalue weighted by Crippen LogP contribution is -2.39. The second-order valence-electron chi connectivity index (χ2n) is 3.28. The highest BCUT2D eigenvalue weighted by atomic mass is 32.2. The summed E-state index contributed by atoms with van der Waals surface area (Å²) in [5.41, 5.74) is 5.39. The van der Waals surface area contributed by atoms with E-state index >= 15 is 0 Å². The summed E-state index contributed by atoms with van der Waals surface area (Å²) in [4.78, 5) is 0.102. The molecule has 0 spiro atoms. The van der Waals surface area contributed by atoms with Gasteiger partial charge in [0.15, 0.2) is 0 Å². The summed E-state index contributed by atoms with van der Waals surface area (Å²) in [6, 6.07) is -0.324. The lowest BCUT2D eigenvalue weighted by molar-refractivity contribution is 0.172. The number of rotatable bonds is 7. The molecule has 0 saturated heterocycles. The summed E-state index contributed by atoms with van der Waals surface area (Å²) < 4.78 is 31.0. The molecule has 1 aromatic heterocycles. The Balaban J connectivity index is 2.70. The summed E-state index contributed by atoms with van der Waals surface area (Å²) in [5, 5.41) is 6.04. The number of aromatic amines is 1. The minimum absolute atomic E-state index is 0.102. The van der Waals surface area contributed by atoms with Gasteiger partial charge in [-0.15, -0.1) is 0 Å². The molecule has 0 aliphatic heterocycles. The van der Waals surface area contributed by atoms with Gasteiger partial charge in [-0.1, -0.05) is 0 Å². The smallest absolute Gasteiger partial charge is 0.244 e. The summed E-state index contributed by atoms with van der Waals surface area (Å²) in [7, 11) is -2.03. The fraction of sp³-hybridized carbons (Fsp3) is 0.625. The van der Waals surface area contributed by atoms with Crippen molar-refractivity contribution in [3.8, 4) is 0 Å². The number of aromatic nitrogens is 2. The lowest BCUT2D eigenvalue weighted by atomic mass is 10.2. The van der Waals surface area contributed by atoms with Crippen LogP contribution in [0.25, 0.3) is 0 Å². The van der Waals surface area contributed by atoms with E-state index in [1.54, 1.807) is 0 Å². The van der Waals surface area contributed by atoms with Gasteiger partial charge in [-0.05, 0) is 13.0 Å². The first-order chi connectivity index (χ1) is 7.60. The van der Waals surface area contributed by atoms with Crippen molar-refractivity contribution in [2.24, 2.45) is 5.73 Å². The quantitative estimate of drug-likeness (QED) is 0.576. The highest BCUT2D eigenvalue weighted by Crippen LogP contribution is 2.06. The number of hydrogen-bond donors (Lipinski definition) is 3. The molecule has 0 amide bonds. The van der Waals surface area contributed by atoms with E-state index in [9.17, 15) is 8.42 Å². The molecule has 92 valence electrons. The maximum atomic E-state index is 11.8. The van der Waals surface area contributed by atoms with Crippen LogP contribution in [0.2, 0.25) is 0 Å². The minimum atomic E-state index is -3.54. The van der Waals surface area contributed by atoms with Crippen LogP contribution in [0, 0.1) is 0 Å². The van der Waals surface area contributed by atoms with E-state index in [4.69, 9.17) is 10.5 Å². The predicted octanol–water partition coefficient (Wildman–Crippen LogP) is -0.948. The zero-order chi connectivity index (χ0) is 12.0.